The molecule has 0 aliphatic heterocycles. The van der Waals surface area contributed by atoms with Crippen LogP contribution in [0, 0.1) is 5.82 Å². The molecule has 0 aliphatic rings. The number of phenols is 1. The van der Waals surface area contributed by atoms with Crippen molar-refractivity contribution < 1.29 is 14.2 Å². The molecule has 102 valence electrons. The molecule has 0 spiro atoms. The van der Waals surface area contributed by atoms with Crippen molar-refractivity contribution >= 4 is 10.9 Å². The molecule has 4 heteroatoms. The molecule has 0 bridgehead atoms. The Bertz CT molecular complexity index is 764. The number of hydrogen-bond acceptors (Lipinski definition) is 2. The van der Waals surface area contributed by atoms with Gasteiger partial charge in [0.2, 0.25) is 0 Å². The van der Waals surface area contributed by atoms with Crippen molar-refractivity contribution in [2.75, 3.05) is 0 Å². The second-order valence-corrected chi connectivity index (χ2v) is 4.63. The largest absolute Gasteiger partial charge is 0.506 e. The summed E-state index contributed by atoms with van der Waals surface area (Å²) >= 11 is 0. The lowest BCUT2D eigenvalue weighted by Gasteiger charge is -2.08. The van der Waals surface area contributed by atoms with E-state index in [0.717, 1.165) is 16.6 Å². The zero-order valence-electron chi connectivity index (χ0n) is 11.0. The van der Waals surface area contributed by atoms with Gasteiger partial charge in [-0.1, -0.05) is 24.3 Å². The zero-order valence-corrected chi connectivity index (χ0v) is 11.0. The number of phenolic OH excluding ortho intramolecular Hbond substituents is 1. The van der Waals surface area contributed by atoms with Gasteiger partial charge in [0.05, 0.1) is 11.2 Å². The number of aromatic nitrogens is 1. The van der Waals surface area contributed by atoms with Crippen LogP contribution in [0.2, 0.25) is 0 Å². The summed E-state index contributed by atoms with van der Waals surface area (Å²) < 4.78 is 20.8. The van der Waals surface area contributed by atoms with E-state index >= 15 is 0 Å². The first-order chi connectivity index (χ1) is 9.66. The van der Waals surface area contributed by atoms with Crippen LogP contribution >= 0.6 is 0 Å². The summed E-state index contributed by atoms with van der Waals surface area (Å²) in [6.45, 7) is 0.242. The first kappa shape index (κ1) is 12.5. The quantitative estimate of drug-likeness (QED) is 0.789. The Morgan fingerprint density at radius 1 is 1.15 bits per heavy atom. The Morgan fingerprint density at radius 2 is 1.95 bits per heavy atom. The van der Waals surface area contributed by atoms with Crippen LogP contribution in [0.15, 0.2) is 48.5 Å². The Balaban J connectivity index is 1.90. The lowest BCUT2D eigenvalue weighted by Crippen LogP contribution is -2.02. The van der Waals surface area contributed by atoms with E-state index in [0.29, 0.717) is 0 Å². The average Bonchev–Trinajstić information content (AvgIpc) is 2.76. The smallest absolute Gasteiger partial charge is 0.165 e. The standard InChI is InChI=1S/C16H14FNO2/c1-18-12(9-11-5-4-7-14(19)16(11)18)10-20-15-8-3-2-6-13(15)17/h2-9,19H,10H2,1H3. The molecule has 0 atom stereocenters. The van der Waals surface area contributed by atoms with Gasteiger partial charge < -0.3 is 14.4 Å². The predicted octanol–water partition coefficient (Wildman–Crippen LogP) is 3.60. The first-order valence-electron chi connectivity index (χ1n) is 6.30. The fourth-order valence-electron chi connectivity index (χ4n) is 2.30. The van der Waals surface area contributed by atoms with Crippen molar-refractivity contribution in [1.82, 2.24) is 4.57 Å². The van der Waals surface area contributed by atoms with Crippen LogP contribution in [0.4, 0.5) is 4.39 Å². The van der Waals surface area contributed by atoms with Gasteiger partial charge in [0.1, 0.15) is 12.4 Å². The second-order valence-electron chi connectivity index (χ2n) is 4.63. The fourth-order valence-corrected chi connectivity index (χ4v) is 2.30. The number of aromatic hydroxyl groups is 1. The first-order valence-corrected chi connectivity index (χ1v) is 6.30. The molecular formula is C16H14FNO2. The molecule has 1 aromatic heterocycles. The molecule has 3 aromatic rings. The highest BCUT2D eigenvalue weighted by atomic mass is 19.1. The van der Waals surface area contributed by atoms with Gasteiger partial charge in [-0.05, 0) is 24.3 Å². The molecule has 0 radical (unpaired) electrons. The number of fused-ring (bicyclic) bond motifs is 1. The predicted molar refractivity (Wildman–Crippen MR) is 75.3 cm³/mol. The van der Waals surface area contributed by atoms with Crippen LogP contribution in [0.5, 0.6) is 11.5 Å². The molecule has 1 heterocycles. The third-order valence-corrected chi connectivity index (χ3v) is 3.35. The Kier molecular flexibility index (Phi) is 3.06. The van der Waals surface area contributed by atoms with E-state index in [9.17, 15) is 9.50 Å². The highest BCUT2D eigenvalue weighted by molar-refractivity contribution is 5.86. The summed E-state index contributed by atoms with van der Waals surface area (Å²) in [6, 6.07) is 13.6. The van der Waals surface area contributed by atoms with Crippen molar-refractivity contribution in [1.29, 1.82) is 0 Å². The zero-order chi connectivity index (χ0) is 14.1. The van der Waals surface area contributed by atoms with Crippen molar-refractivity contribution in [3.8, 4) is 11.5 Å². The van der Waals surface area contributed by atoms with Crippen LogP contribution in [0.3, 0.4) is 0 Å². The van der Waals surface area contributed by atoms with Crippen molar-refractivity contribution in [3.63, 3.8) is 0 Å². The van der Waals surface area contributed by atoms with Crippen molar-refractivity contribution in [2.45, 2.75) is 6.61 Å². The van der Waals surface area contributed by atoms with Gasteiger partial charge in [-0.2, -0.15) is 0 Å². The monoisotopic (exact) mass is 271 g/mol. The van der Waals surface area contributed by atoms with E-state index in [1.54, 1.807) is 30.3 Å². The molecule has 0 amide bonds. The number of benzene rings is 2. The molecule has 20 heavy (non-hydrogen) atoms. The van der Waals surface area contributed by atoms with E-state index in [4.69, 9.17) is 4.74 Å². The minimum absolute atomic E-state index is 0.224. The number of halogens is 1. The van der Waals surface area contributed by atoms with E-state index in [2.05, 4.69) is 0 Å². The number of hydrogen-bond donors (Lipinski definition) is 1. The molecule has 1 N–H and O–H groups in total. The van der Waals surface area contributed by atoms with Gasteiger partial charge in [-0.3, -0.25) is 0 Å². The summed E-state index contributed by atoms with van der Waals surface area (Å²) in [6.07, 6.45) is 0. The van der Waals surface area contributed by atoms with E-state index in [-0.39, 0.29) is 23.9 Å². The van der Waals surface area contributed by atoms with E-state index in [1.165, 1.54) is 6.07 Å². The number of nitrogens with zero attached hydrogens (tertiary/aromatic N) is 1. The third kappa shape index (κ3) is 2.09. The highest BCUT2D eigenvalue weighted by Crippen LogP contribution is 2.27. The second kappa shape index (κ2) is 4.89. The number of ether oxygens (including phenoxy) is 1. The van der Waals surface area contributed by atoms with Gasteiger partial charge in [-0.15, -0.1) is 0 Å². The maximum absolute atomic E-state index is 13.5. The summed E-state index contributed by atoms with van der Waals surface area (Å²) in [7, 11) is 1.85. The van der Waals surface area contributed by atoms with Gasteiger partial charge in [-0.25, -0.2) is 4.39 Å². The minimum atomic E-state index is -0.380. The van der Waals surface area contributed by atoms with Crippen molar-refractivity contribution in [2.24, 2.45) is 7.05 Å². The third-order valence-electron chi connectivity index (χ3n) is 3.35. The van der Waals surface area contributed by atoms with Crippen LogP contribution in [-0.4, -0.2) is 9.67 Å². The van der Waals surface area contributed by atoms with Gasteiger partial charge in [0.15, 0.2) is 11.6 Å². The number of rotatable bonds is 3. The maximum atomic E-state index is 13.5. The summed E-state index contributed by atoms with van der Waals surface area (Å²) in [5, 5.41) is 10.8. The van der Waals surface area contributed by atoms with Gasteiger partial charge in [0.25, 0.3) is 0 Å². The molecule has 3 rings (SSSR count). The lowest BCUT2D eigenvalue weighted by atomic mass is 10.2. The van der Waals surface area contributed by atoms with Gasteiger partial charge >= 0.3 is 0 Å². The van der Waals surface area contributed by atoms with Crippen molar-refractivity contribution in [3.05, 3.63) is 60.0 Å². The molecule has 0 saturated heterocycles. The molecule has 2 aromatic carbocycles. The maximum Gasteiger partial charge on any atom is 0.165 e. The number of aryl methyl sites for hydroxylation is 1. The highest BCUT2D eigenvalue weighted by Gasteiger charge is 2.10. The summed E-state index contributed by atoms with van der Waals surface area (Å²) in [4.78, 5) is 0. The molecule has 0 fully saturated rings. The van der Waals surface area contributed by atoms with Crippen LogP contribution < -0.4 is 4.74 Å². The fraction of sp³-hybridized carbons (Fsp3) is 0.125. The van der Waals surface area contributed by atoms with E-state index in [1.807, 2.05) is 23.7 Å². The van der Waals surface area contributed by atoms with E-state index < -0.39 is 0 Å². The minimum Gasteiger partial charge on any atom is -0.506 e. The Hall–Kier alpha value is -2.49. The summed E-state index contributed by atoms with van der Waals surface area (Å²) in [5.41, 5.74) is 1.62. The van der Waals surface area contributed by atoms with Crippen LogP contribution in [0.25, 0.3) is 10.9 Å². The summed E-state index contributed by atoms with van der Waals surface area (Å²) in [5.74, 6) is 0.0678. The molecule has 0 unspecified atom stereocenters. The molecule has 0 saturated carbocycles. The normalized spacial score (nSPS) is 10.9. The van der Waals surface area contributed by atoms with Gasteiger partial charge in [0, 0.05) is 12.4 Å². The molecule has 3 nitrogen and oxygen atoms in total. The Morgan fingerprint density at radius 3 is 2.70 bits per heavy atom. The van der Waals surface area contributed by atoms with Crippen LogP contribution in [-0.2, 0) is 13.7 Å². The average molecular weight is 271 g/mol. The lowest BCUT2D eigenvalue weighted by molar-refractivity contribution is 0.282. The topological polar surface area (TPSA) is 34.4 Å². The van der Waals surface area contributed by atoms with Crippen LogP contribution in [0.1, 0.15) is 5.69 Å². The SMILES string of the molecule is Cn1c(COc2ccccc2F)cc2cccc(O)c21. The Labute approximate surface area is 115 Å². The number of para-hydroxylation sites is 2. The molecular weight excluding hydrogens is 257 g/mol. The molecule has 0 aliphatic carbocycles.